The molecule has 0 aliphatic carbocycles. The summed E-state index contributed by atoms with van der Waals surface area (Å²) in [6.45, 7) is 2.11. The maximum Gasteiger partial charge on any atom is 0.225 e. The van der Waals surface area contributed by atoms with E-state index in [2.05, 4.69) is 5.32 Å². The van der Waals surface area contributed by atoms with Crippen molar-refractivity contribution in [3.8, 4) is 0 Å². The molecule has 0 spiro atoms. The molecule has 0 aromatic rings. The van der Waals surface area contributed by atoms with Crippen LogP contribution in [0.1, 0.15) is 13.3 Å². The third-order valence-electron chi connectivity index (χ3n) is 2.37. The van der Waals surface area contributed by atoms with Crippen LogP contribution in [0.5, 0.6) is 0 Å². The van der Waals surface area contributed by atoms with Crippen molar-refractivity contribution < 1.29 is 14.7 Å². The number of likely N-dealkylation sites (tertiary alicyclic amines) is 1. The van der Waals surface area contributed by atoms with Crippen LogP contribution >= 0.6 is 0 Å². The van der Waals surface area contributed by atoms with Crippen LogP contribution in [-0.4, -0.2) is 48.1 Å². The first-order chi connectivity index (χ1) is 6.54. The van der Waals surface area contributed by atoms with E-state index in [4.69, 9.17) is 5.11 Å². The minimum atomic E-state index is -0.263. The van der Waals surface area contributed by atoms with Gasteiger partial charge in [0.05, 0.1) is 12.5 Å². The first-order valence-corrected chi connectivity index (χ1v) is 4.69. The summed E-state index contributed by atoms with van der Waals surface area (Å²) in [6, 6.07) is -0.247. The van der Waals surface area contributed by atoms with E-state index in [1.165, 1.54) is 0 Å². The zero-order valence-electron chi connectivity index (χ0n) is 8.49. The molecule has 2 N–H and O–H groups in total. The van der Waals surface area contributed by atoms with E-state index in [0.29, 0.717) is 6.54 Å². The summed E-state index contributed by atoms with van der Waals surface area (Å²) in [4.78, 5) is 24.2. The fraction of sp³-hybridized carbons (Fsp3) is 0.778. The van der Waals surface area contributed by atoms with Gasteiger partial charge >= 0.3 is 0 Å². The molecule has 0 radical (unpaired) electrons. The Labute approximate surface area is 83.1 Å². The molecule has 1 saturated heterocycles. The smallest absolute Gasteiger partial charge is 0.225 e. The molecule has 0 bridgehead atoms. The molecule has 0 aromatic carbocycles. The number of hydrogen-bond donors (Lipinski definition) is 2. The van der Waals surface area contributed by atoms with Gasteiger partial charge in [-0.15, -0.1) is 0 Å². The lowest BCUT2D eigenvalue weighted by atomic mass is 10.1. The average Bonchev–Trinajstić information content (AvgIpc) is 2.47. The van der Waals surface area contributed by atoms with Crippen molar-refractivity contribution >= 4 is 11.8 Å². The van der Waals surface area contributed by atoms with Crippen molar-refractivity contribution in [3.63, 3.8) is 0 Å². The predicted molar refractivity (Wildman–Crippen MR) is 50.4 cm³/mol. The Balaban J connectivity index is 2.43. The largest absolute Gasteiger partial charge is 0.394 e. The van der Waals surface area contributed by atoms with Crippen LogP contribution in [0.4, 0.5) is 0 Å². The molecule has 1 unspecified atom stereocenters. The van der Waals surface area contributed by atoms with Crippen molar-refractivity contribution in [1.29, 1.82) is 0 Å². The van der Waals surface area contributed by atoms with Gasteiger partial charge in [-0.25, -0.2) is 0 Å². The van der Waals surface area contributed by atoms with Crippen LogP contribution in [0.25, 0.3) is 0 Å². The van der Waals surface area contributed by atoms with Crippen LogP contribution in [0.2, 0.25) is 0 Å². The number of aliphatic hydroxyl groups is 1. The summed E-state index contributed by atoms with van der Waals surface area (Å²) in [7, 11) is 1.69. The summed E-state index contributed by atoms with van der Waals surface area (Å²) in [5.41, 5.74) is 0. The van der Waals surface area contributed by atoms with E-state index in [0.717, 1.165) is 0 Å². The van der Waals surface area contributed by atoms with Crippen molar-refractivity contribution in [2.75, 3.05) is 20.2 Å². The Morgan fingerprint density at radius 2 is 2.43 bits per heavy atom. The zero-order valence-corrected chi connectivity index (χ0v) is 8.49. The molecule has 1 fully saturated rings. The van der Waals surface area contributed by atoms with Crippen molar-refractivity contribution in [2.45, 2.75) is 19.4 Å². The Morgan fingerprint density at radius 3 is 2.86 bits per heavy atom. The lowest BCUT2D eigenvalue weighted by Crippen LogP contribution is -2.39. The van der Waals surface area contributed by atoms with Gasteiger partial charge in [0.25, 0.3) is 0 Å². The first-order valence-electron chi connectivity index (χ1n) is 4.69. The molecule has 0 saturated carbocycles. The number of aliphatic hydroxyl groups excluding tert-OH is 1. The van der Waals surface area contributed by atoms with Gasteiger partial charge in [0.2, 0.25) is 11.8 Å². The lowest BCUT2D eigenvalue weighted by Gasteiger charge is -2.14. The van der Waals surface area contributed by atoms with Crippen LogP contribution in [0.3, 0.4) is 0 Å². The van der Waals surface area contributed by atoms with E-state index in [9.17, 15) is 9.59 Å². The minimum absolute atomic E-state index is 0.00167. The number of amides is 2. The number of rotatable bonds is 3. The summed E-state index contributed by atoms with van der Waals surface area (Å²) in [5.74, 6) is -0.410. The van der Waals surface area contributed by atoms with Gasteiger partial charge < -0.3 is 15.3 Å². The fourth-order valence-corrected chi connectivity index (χ4v) is 1.45. The third kappa shape index (κ3) is 2.45. The maximum absolute atomic E-state index is 11.5. The average molecular weight is 200 g/mol. The van der Waals surface area contributed by atoms with Gasteiger partial charge in [0.15, 0.2) is 0 Å². The molecular formula is C9H16N2O3. The minimum Gasteiger partial charge on any atom is -0.394 e. The Bertz CT molecular complexity index is 242. The molecule has 0 aromatic heterocycles. The summed E-state index contributed by atoms with van der Waals surface area (Å²) < 4.78 is 0. The van der Waals surface area contributed by atoms with Gasteiger partial charge in [-0.1, -0.05) is 0 Å². The summed E-state index contributed by atoms with van der Waals surface area (Å²) in [5, 5.41) is 11.4. The number of carbonyl (C=O) groups is 2. The molecule has 5 heteroatoms. The number of hydrogen-bond acceptors (Lipinski definition) is 3. The fourth-order valence-electron chi connectivity index (χ4n) is 1.45. The number of nitrogens with one attached hydrogen (secondary N) is 1. The maximum atomic E-state index is 11.5. The highest BCUT2D eigenvalue weighted by molar-refractivity contribution is 5.89. The topological polar surface area (TPSA) is 69.6 Å². The second-order valence-electron chi connectivity index (χ2n) is 3.77. The predicted octanol–water partition coefficient (Wildman–Crippen LogP) is -1.04. The quantitative estimate of drug-likeness (QED) is 0.611. The molecule has 80 valence electrons. The van der Waals surface area contributed by atoms with Crippen LogP contribution in [0, 0.1) is 5.92 Å². The molecule has 1 aliphatic heterocycles. The van der Waals surface area contributed by atoms with Crippen LogP contribution in [-0.2, 0) is 9.59 Å². The van der Waals surface area contributed by atoms with Gasteiger partial charge in [-0.3, -0.25) is 9.59 Å². The zero-order chi connectivity index (χ0) is 10.7. The molecular weight excluding hydrogens is 184 g/mol. The molecule has 1 heterocycles. The second-order valence-corrected chi connectivity index (χ2v) is 3.77. The number of nitrogens with zero attached hydrogens (tertiary/aromatic N) is 1. The first kappa shape index (κ1) is 11.0. The SMILES string of the molecule is C[C@@H](CO)NC(=O)C1CC(=O)N(C)C1. The van der Waals surface area contributed by atoms with Gasteiger partial charge in [-0.2, -0.15) is 0 Å². The monoisotopic (exact) mass is 200 g/mol. The van der Waals surface area contributed by atoms with E-state index in [1.807, 2.05) is 0 Å². The Kier molecular flexibility index (Phi) is 3.46. The van der Waals surface area contributed by atoms with Crippen LogP contribution in [0.15, 0.2) is 0 Å². The second kappa shape index (κ2) is 4.41. The molecule has 2 atom stereocenters. The highest BCUT2D eigenvalue weighted by Gasteiger charge is 2.32. The van der Waals surface area contributed by atoms with E-state index < -0.39 is 0 Å². The van der Waals surface area contributed by atoms with E-state index >= 15 is 0 Å². The highest BCUT2D eigenvalue weighted by atomic mass is 16.3. The van der Waals surface area contributed by atoms with Crippen molar-refractivity contribution in [1.82, 2.24) is 10.2 Å². The molecule has 14 heavy (non-hydrogen) atoms. The molecule has 2 amide bonds. The third-order valence-corrected chi connectivity index (χ3v) is 2.37. The molecule has 1 rings (SSSR count). The summed E-state index contributed by atoms with van der Waals surface area (Å²) >= 11 is 0. The normalized spacial score (nSPS) is 23.8. The Hall–Kier alpha value is -1.10. The van der Waals surface area contributed by atoms with E-state index in [-0.39, 0.29) is 36.8 Å². The number of carbonyl (C=O) groups excluding carboxylic acids is 2. The lowest BCUT2D eigenvalue weighted by molar-refractivity contribution is -0.128. The van der Waals surface area contributed by atoms with Gasteiger partial charge in [-0.05, 0) is 6.92 Å². The molecule has 1 aliphatic rings. The highest BCUT2D eigenvalue weighted by Crippen LogP contribution is 2.15. The standard InChI is InChI=1S/C9H16N2O3/c1-6(5-12)10-9(14)7-3-8(13)11(2)4-7/h6-7,12H,3-5H2,1-2H3,(H,10,14)/t6-,7?/m0/s1. The van der Waals surface area contributed by atoms with Crippen molar-refractivity contribution in [2.24, 2.45) is 5.92 Å². The van der Waals surface area contributed by atoms with E-state index in [1.54, 1.807) is 18.9 Å². The Morgan fingerprint density at radius 1 is 1.79 bits per heavy atom. The summed E-state index contributed by atoms with van der Waals surface area (Å²) in [6.07, 6.45) is 0.278. The van der Waals surface area contributed by atoms with Crippen molar-refractivity contribution in [3.05, 3.63) is 0 Å². The van der Waals surface area contributed by atoms with Gasteiger partial charge in [0, 0.05) is 26.1 Å². The van der Waals surface area contributed by atoms with Gasteiger partial charge in [0.1, 0.15) is 0 Å². The molecule has 5 nitrogen and oxygen atoms in total. The van der Waals surface area contributed by atoms with Crippen LogP contribution < -0.4 is 5.32 Å².